The molecule has 88 valence electrons. The number of anilines is 3. The Bertz CT molecular complexity index is 515. The average molecular weight is 232 g/mol. The molecule has 4 nitrogen and oxygen atoms in total. The van der Waals surface area contributed by atoms with E-state index in [1.807, 2.05) is 0 Å². The molecular formula is C12H13FN4. The number of nitrogens with one attached hydrogen (secondary N) is 1. The van der Waals surface area contributed by atoms with E-state index in [1.54, 1.807) is 48.5 Å². The van der Waals surface area contributed by atoms with Crippen LogP contribution in [0.1, 0.15) is 0 Å². The highest BCUT2D eigenvalue weighted by molar-refractivity contribution is 5.65. The summed E-state index contributed by atoms with van der Waals surface area (Å²) in [7, 11) is 1.79. The third-order valence-electron chi connectivity index (χ3n) is 2.49. The number of benzene rings is 1. The van der Waals surface area contributed by atoms with Gasteiger partial charge < -0.3 is 10.3 Å². The second-order valence-corrected chi connectivity index (χ2v) is 3.55. The molecule has 1 heterocycles. The SMILES string of the molecule is CN(c1ccnc(NN)c1)c1ccccc1F. The van der Waals surface area contributed by atoms with E-state index in [9.17, 15) is 4.39 Å². The number of nitrogen functional groups attached to an aromatic ring is 1. The van der Waals surface area contributed by atoms with Gasteiger partial charge in [-0.3, -0.25) is 0 Å². The molecule has 2 rings (SSSR count). The summed E-state index contributed by atoms with van der Waals surface area (Å²) in [6, 6.07) is 10.1. The molecule has 0 saturated carbocycles. The monoisotopic (exact) mass is 232 g/mol. The first kappa shape index (κ1) is 11.3. The fraction of sp³-hybridized carbons (Fsp3) is 0.0833. The minimum Gasteiger partial charge on any atom is -0.342 e. The van der Waals surface area contributed by atoms with E-state index in [4.69, 9.17) is 5.84 Å². The van der Waals surface area contributed by atoms with E-state index in [2.05, 4.69) is 10.4 Å². The highest BCUT2D eigenvalue weighted by Crippen LogP contribution is 2.26. The lowest BCUT2D eigenvalue weighted by atomic mass is 10.2. The Morgan fingerprint density at radius 2 is 2.06 bits per heavy atom. The molecule has 0 saturated heterocycles. The Morgan fingerprint density at radius 3 is 2.76 bits per heavy atom. The number of hydrogen-bond donors (Lipinski definition) is 2. The van der Waals surface area contributed by atoms with E-state index in [0.717, 1.165) is 5.69 Å². The van der Waals surface area contributed by atoms with Crippen LogP contribution in [-0.2, 0) is 0 Å². The Balaban J connectivity index is 2.37. The van der Waals surface area contributed by atoms with Crippen molar-refractivity contribution in [3.05, 3.63) is 48.4 Å². The van der Waals surface area contributed by atoms with Crippen LogP contribution in [0.15, 0.2) is 42.6 Å². The predicted molar refractivity (Wildman–Crippen MR) is 66.5 cm³/mol. The summed E-state index contributed by atoms with van der Waals surface area (Å²) in [4.78, 5) is 5.73. The van der Waals surface area contributed by atoms with Gasteiger partial charge in [0.2, 0.25) is 0 Å². The minimum absolute atomic E-state index is 0.269. The van der Waals surface area contributed by atoms with Crippen LogP contribution >= 0.6 is 0 Å². The van der Waals surface area contributed by atoms with E-state index in [-0.39, 0.29) is 5.82 Å². The Kier molecular flexibility index (Phi) is 3.20. The van der Waals surface area contributed by atoms with Crippen molar-refractivity contribution in [1.82, 2.24) is 4.98 Å². The van der Waals surface area contributed by atoms with Gasteiger partial charge in [-0.05, 0) is 18.2 Å². The molecule has 0 spiro atoms. The first-order valence-electron chi connectivity index (χ1n) is 5.13. The van der Waals surface area contributed by atoms with E-state index in [1.165, 1.54) is 6.07 Å². The topological polar surface area (TPSA) is 54.2 Å². The van der Waals surface area contributed by atoms with Crippen LogP contribution < -0.4 is 16.2 Å². The first-order chi connectivity index (χ1) is 8.22. The number of nitrogens with zero attached hydrogens (tertiary/aromatic N) is 2. The highest BCUT2D eigenvalue weighted by Gasteiger charge is 2.08. The van der Waals surface area contributed by atoms with Crippen LogP contribution in [0.4, 0.5) is 21.6 Å². The van der Waals surface area contributed by atoms with E-state index in [0.29, 0.717) is 11.5 Å². The number of pyridine rings is 1. The number of rotatable bonds is 3. The van der Waals surface area contributed by atoms with Gasteiger partial charge in [0.15, 0.2) is 0 Å². The molecule has 0 unspecified atom stereocenters. The average Bonchev–Trinajstić information content (AvgIpc) is 2.38. The summed E-state index contributed by atoms with van der Waals surface area (Å²) in [5, 5.41) is 0. The summed E-state index contributed by atoms with van der Waals surface area (Å²) in [5.41, 5.74) is 3.76. The summed E-state index contributed by atoms with van der Waals surface area (Å²) in [6.07, 6.45) is 1.61. The number of nitrogens with two attached hydrogens (primary N) is 1. The lowest BCUT2D eigenvalue weighted by Crippen LogP contribution is -2.13. The molecule has 5 heteroatoms. The molecule has 2 aromatic rings. The fourth-order valence-corrected chi connectivity index (χ4v) is 1.57. The first-order valence-corrected chi connectivity index (χ1v) is 5.13. The Hall–Kier alpha value is -2.14. The molecule has 3 N–H and O–H groups in total. The Labute approximate surface area is 98.9 Å². The van der Waals surface area contributed by atoms with Crippen molar-refractivity contribution >= 4 is 17.2 Å². The molecule has 0 aliphatic carbocycles. The fourth-order valence-electron chi connectivity index (χ4n) is 1.57. The standard InChI is InChI=1S/C12H13FN4/c1-17(11-5-3-2-4-10(11)13)9-6-7-15-12(8-9)16-14/h2-8H,14H2,1H3,(H,15,16). The molecule has 0 bridgehead atoms. The maximum Gasteiger partial charge on any atom is 0.146 e. The van der Waals surface area contributed by atoms with Crippen LogP contribution in [0.25, 0.3) is 0 Å². The molecular weight excluding hydrogens is 219 g/mol. The van der Waals surface area contributed by atoms with Crippen LogP contribution in [0.2, 0.25) is 0 Å². The molecule has 0 fully saturated rings. The molecule has 0 radical (unpaired) electrons. The van der Waals surface area contributed by atoms with Gasteiger partial charge in [-0.15, -0.1) is 0 Å². The van der Waals surface area contributed by atoms with Gasteiger partial charge in [0, 0.05) is 25.0 Å². The lowest BCUT2D eigenvalue weighted by molar-refractivity contribution is 0.627. The van der Waals surface area contributed by atoms with Gasteiger partial charge in [0.1, 0.15) is 11.6 Å². The molecule has 0 aliphatic heterocycles. The van der Waals surface area contributed by atoms with Crippen molar-refractivity contribution in [1.29, 1.82) is 0 Å². The van der Waals surface area contributed by atoms with Crippen molar-refractivity contribution in [3.8, 4) is 0 Å². The summed E-state index contributed by atoms with van der Waals surface area (Å²) in [6.45, 7) is 0. The summed E-state index contributed by atoms with van der Waals surface area (Å²) < 4.78 is 13.6. The highest BCUT2D eigenvalue weighted by atomic mass is 19.1. The van der Waals surface area contributed by atoms with Crippen molar-refractivity contribution in [2.24, 2.45) is 5.84 Å². The maximum atomic E-state index is 13.6. The quantitative estimate of drug-likeness (QED) is 0.629. The summed E-state index contributed by atoms with van der Waals surface area (Å²) in [5.74, 6) is 5.55. The molecule has 1 aromatic heterocycles. The van der Waals surface area contributed by atoms with Crippen molar-refractivity contribution in [2.75, 3.05) is 17.4 Å². The van der Waals surface area contributed by atoms with E-state index >= 15 is 0 Å². The zero-order chi connectivity index (χ0) is 12.3. The number of aromatic nitrogens is 1. The largest absolute Gasteiger partial charge is 0.342 e. The van der Waals surface area contributed by atoms with Crippen LogP contribution in [0.5, 0.6) is 0 Å². The van der Waals surface area contributed by atoms with Gasteiger partial charge in [0.25, 0.3) is 0 Å². The molecule has 1 aromatic carbocycles. The molecule has 0 atom stereocenters. The van der Waals surface area contributed by atoms with Gasteiger partial charge in [-0.25, -0.2) is 15.2 Å². The third kappa shape index (κ3) is 2.34. The van der Waals surface area contributed by atoms with Gasteiger partial charge in [-0.2, -0.15) is 0 Å². The second-order valence-electron chi connectivity index (χ2n) is 3.55. The zero-order valence-corrected chi connectivity index (χ0v) is 9.39. The number of hydrogen-bond acceptors (Lipinski definition) is 4. The predicted octanol–water partition coefficient (Wildman–Crippen LogP) is 2.27. The van der Waals surface area contributed by atoms with Crippen molar-refractivity contribution in [3.63, 3.8) is 0 Å². The number of hydrazine groups is 1. The number of para-hydroxylation sites is 1. The summed E-state index contributed by atoms with van der Waals surface area (Å²) >= 11 is 0. The van der Waals surface area contributed by atoms with Crippen molar-refractivity contribution < 1.29 is 4.39 Å². The van der Waals surface area contributed by atoms with Crippen LogP contribution in [-0.4, -0.2) is 12.0 Å². The zero-order valence-electron chi connectivity index (χ0n) is 9.39. The van der Waals surface area contributed by atoms with Gasteiger partial charge >= 0.3 is 0 Å². The van der Waals surface area contributed by atoms with Crippen LogP contribution in [0.3, 0.4) is 0 Å². The van der Waals surface area contributed by atoms with E-state index < -0.39 is 0 Å². The second kappa shape index (κ2) is 4.80. The molecule has 0 aliphatic rings. The maximum absolute atomic E-state index is 13.6. The van der Waals surface area contributed by atoms with Crippen LogP contribution in [0, 0.1) is 5.82 Å². The van der Waals surface area contributed by atoms with Gasteiger partial charge in [-0.1, -0.05) is 12.1 Å². The van der Waals surface area contributed by atoms with Gasteiger partial charge in [0.05, 0.1) is 5.69 Å². The minimum atomic E-state index is -0.269. The smallest absolute Gasteiger partial charge is 0.146 e. The number of halogens is 1. The third-order valence-corrected chi connectivity index (χ3v) is 2.49. The Morgan fingerprint density at radius 1 is 1.29 bits per heavy atom. The molecule has 17 heavy (non-hydrogen) atoms. The molecule has 0 amide bonds. The van der Waals surface area contributed by atoms with Crippen molar-refractivity contribution in [2.45, 2.75) is 0 Å². The normalized spacial score (nSPS) is 10.1. The lowest BCUT2D eigenvalue weighted by Gasteiger charge is -2.20.